The number of allylic oxidation sites excluding steroid dienone is 2. The molecule has 130 valence electrons. The fourth-order valence-electron chi connectivity index (χ4n) is 3.66. The zero-order valence-electron chi connectivity index (χ0n) is 14.3. The SMILES string of the molecule is CSc1nc2n(n1)[C@@H](c1ccccc1Cl)C1=C(CC(C)(C)CC1=O)N2. The summed E-state index contributed by atoms with van der Waals surface area (Å²) in [5.74, 6) is 0.814. The van der Waals surface area contributed by atoms with Crippen LogP contribution in [0.15, 0.2) is 40.7 Å². The summed E-state index contributed by atoms with van der Waals surface area (Å²) in [6.07, 6.45) is 3.26. The molecule has 0 unspecified atom stereocenters. The third-order valence-electron chi connectivity index (χ3n) is 4.69. The zero-order chi connectivity index (χ0) is 17.8. The van der Waals surface area contributed by atoms with Gasteiger partial charge in [0, 0.05) is 28.3 Å². The summed E-state index contributed by atoms with van der Waals surface area (Å²) in [4.78, 5) is 17.6. The Kier molecular flexibility index (Phi) is 3.92. The average Bonchev–Trinajstić information content (AvgIpc) is 2.95. The van der Waals surface area contributed by atoms with E-state index < -0.39 is 0 Å². The van der Waals surface area contributed by atoms with Gasteiger partial charge in [0.15, 0.2) is 5.78 Å². The molecule has 1 aromatic heterocycles. The molecular formula is C18H19ClN4OS. The van der Waals surface area contributed by atoms with E-state index in [1.54, 1.807) is 4.68 Å². The van der Waals surface area contributed by atoms with Gasteiger partial charge in [0.1, 0.15) is 6.04 Å². The van der Waals surface area contributed by atoms with E-state index in [4.69, 9.17) is 11.6 Å². The van der Waals surface area contributed by atoms with Crippen molar-refractivity contribution in [1.82, 2.24) is 14.8 Å². The Morgan fingerprint density at radius 3 is 2.80 bits per heavy atom. The van der Waals surface area contributed by atoms with Crippen molar-refractivity contribution in [3.63, 3.8) is 0 Å². The summed E-state index contributed by atoms with van der Waals surface area (Å²) in [5, 5.41) is 9.24. The average molecular weight is 375 g/mol. The number of carbonyl (C=O) groups is 1. The Morgan fingerprint density at radius 1 is 1.32 bits per heavy atom. The first-order chi connectivity index (χ1) is 11.9. The number of benzene rings is 1. The smallest absolute Gasteiger partial charge is 0.227 e. The maximum Gasteiger partial charge on any atom is 0.227 e. The molecule has 25 heavy (non-hydrogen) atoms. The molecule has 0 saturated heterocycles. The van der Waals surface area contributed by atoms with E-state index in [-0.39, 0.29) is 17.2 Å². The predicted molar refractivity (Wildman–Crippen MR) is 100 cm³/mol. The molecule has 7 heteroatoms. The Bertz CT molecular complexity index is 902. The van der Waals surface area contributed by atoms with Crippen molar-refractivity contribution < 1.29 is 4.79 Å². The molecule has 4 rings (SSSR count). The summed E-state index contributed by atoms with van der Waals surface area (Å²) >= 11 is 7.96. The predicted octanol–water partition coefficient (Wildman–Crippen LogP) is 4.31. The van der Waals surface area contributed by atoms with Gasteiger partial charge in [-0.15, -0.1) is 5.10 Å². The minimum absolute atomic E-state index is 0.0710. The first-order valence-corrected chi connectivity index (χ1v) is 9.78. The maximum atomic E-state index is 13.0. The van der Waals surface area contributed by atoms with Crippen LogP contribution in [0.3, 0.4) is 0 Å². The number of carbonyl (C=O) groups excluding carboxylic acids is 1. The Labute approximate surface area is 155 Å². The monoisotopic (exact) mass is 374 g/mol. The second kappa shape index (κ2) is 5.88. The molecule has 0 amide bonds. The number of Topliss-reactive ketones (excluding diaryl/α,β-unsaturated/α-hetero) is 1. The lowest BCUT2D eigenvalue weighted by atomic mass is 9.73. The molecule has 0 saturated carbocycles. The van der Waals surface area contributed by atoms with E-state index in [0.29, 0.717) is 22.5 Å². The Balaban J connectivity index is 1.94. The standard InChI is InChI=1S/C18H19ClN4OS/c1-18(2)8-12-14(13(24)9-18)15(10-6-4-5-7-11(10)19)23-16(20-12)21-17(22-23)25-3/h4-7,15H,8-9H2,1-3H3,(H,20,21,22)/t15-/m0/s1. The van der Waals surface area contributed by atoms with E-state index >= 15 is 0 Å². The highest BCUT2D eigenvalue weighted by atomic mass is 35.5. The molecule has 0 fully saturated rings. The highest BCUT2D eigenvalue weighted by Gasteiger charge is 2.42. The topological polar surface area (TPSA) is 59.8 Å². The van der Waals surface area contributed by atoms with E-state index in [1.165, 1.54) is 11.8 Å². The Morgan fingerprint density at radius 2 is 2.08 bits per heavy atom. The highest BCUT2D eigenvalue weighted by molar-refractivity contribution is 7.98. The lowest BCUT2D eigenvalue weighted by molar-refractivity contribution is -0.118. The van der Waals surface area contributed by atoms with Crippen molar-refractivity contribution >= 4 is 35.1 Å². The van der Waals surface area contributed by atoms with Crippen LogP contribution in [-0.2, 0) is 4.79 Å². The van der Waals surface area contributed by atoms with Crippen molar-refractivity contribution in [3.8, 4) is 0 Å². The third kappa shape index (κ3) is 2.77. The number of hydrogen-bond donors (Lipinski definition) is 1. The minimum Gasteiger partial charge on any atom is -0.328 e. The molecule has 2 heterocycles. The third-order valence-corrected chi connectivity index (χ3v) is 5.58. The Hall–Kier alpha value is -1.79. The van der Waals surface area contributed by atoms with Crippen LogP contribution in [0.4, 0.5) is 5.95 Å². The van der Waals surface area contributed by atoms with E-state index in [1.807, 2.05) is 30.5 Å². The molecule has 0 bridgehead atoms. The van der Waals surface area contributed by atoms with Gasteiger partial charge in [-0.25, -0.2) is 4.68 Å². The molecule has 0 spiro atoms. The number of fused-ring (bicyclic) bond motifs is 1. The van der Waals surface area contributed by atoms with Gasteiger partial charge in [0.25, 0.3) is 0 Å². The van der Waals surface area contributed by atoms with Gasteiger partial charge in [-0.05, 0) is 24.2 Å². The van der Waals surface area contributed by atoms with Gasteiger partial charge in [-0.1, -0.05) is 55.4 Å². The summed E-state index contributed by atoms with van der Waals surface area (Å²) < 4.78 is 1.79. The van der Waals surface area contributed by atoms with Crippen LogP contribution in [-0.4, -0.2) is 26.8 Å². The number of ketones is 1. The second-order valence-electron chi connectivity index (χ2n) is 7.25. The number of halogens is 1. The molecular weight excluding hydrogens is 356 g/mol. The normalized spacial score (nSPS) is 21.6. The van der Waals surface area contributed by atoms with Gasteiger partial charge >= 0.3 is 0 Å². The summed E-state index contributed by atoms with van der Waals surface area (Å²) in [6.45, 7) is 4.24. The molecule has 5 nitrogen and oxygen atoms in total. The van der Waals surface area contributed by atoms with Crippen molar-refractivity contribution in [2.24, 2.45) is 5.41 Å². The lowest BCUT2D eigenvalue weighted by Crippen LogP contribution is -2.36. The maximum absolute atomic E-state index is 13.0. The van der Waals surface area contributed by atoms with Gasteiger partial charge in [-0.3, -0.25) is 4.79 Å². The molecule has 1 atom stereocenters. The number of nitrogens with zero attached hydrogens (tertiary/aromatic N) is 3. The van der Waals surface area contributed by atoms with Gasteiger partial charge in [-0.2, -0.15) is 4.98 Å². The molecule has 2 aromatic rings. The first kappa shape index (κ1) is 16.7. The number of rotatable bonds is 2. The number of aromatic nitrogens is 3. The number of anilines is 1. The summed E-state index contributed by atoms with van der Waals surface area (Å²) in [6, 6.07) is 7.30. The van der Waals surface area contributed by atoms with E-state index in [2.05, 4.69) is 29.2 Å². The minimum atomic E-state index is -0.336. The van der Waals surface area contributed by atoms with Gasteiger partial charge in [0.05, 0.1) is 0 Å². The molecule has 1 aliphatic heterocycles. The van der Waals surface area contributed by atoms with Crippen molar-refractivity contribution in [2.45, 2.75) is 37.9 Å². The molecule has 2 aliphatic rings. The van der Waals surface area contributed by atoms with Crippen molar-refractivity contribution in [2.75, 3.05) is 11.6 Å². The van der Waals surface area contributed by atoms with Crippen LogP contribution >= 0.6 is 23.4 Å². The largest absolute Gasteiger partial charge is 0.328 e. The summed E-state index contributed by atoms with van der Waals surface area (Å²) in [5.41, 5.74) is 2.51. The number of nitrogens with one attached hydrogen (secondary N) is 1. The molecule has 1 aromatic carbocycles. The fraction of sp³-hybridized carbons (Fsp3) is 0.389. The first-order valence-electron chi connectivity index (χ1n) is 8.18. The van der Waals surface area contributed by atoms with Crippen LogP contribution in [0.5, 0.6) is 0 Å². The van der Waals surface area contributed by atoms with E-state index in [9.17, 15) is 4.79 Å². The molecule has 1 aliphatic carbocycles. The number of hydrogen-bond acceptors (Lipinski definition) is 5. The van der Waals surface area contributed by atoms with Crippen LogP contribution in [0.25, 0.3) is 0 Å². The van der Waals surface area contributed by atoms with Crippen LogP contribution in [0.1, 0.15) is 38.3 Å². The molecule has 1 N–H and O–H groups in total. The second-order valence-corrected chi connectivity index (χ2v) is 8.43. The van der Waals surface area contributed by atoms with Gasteiger partial charge < -0.3 is 5.32 Å². The van der Waals surface area contributed by atoms with Crippen molar-refractivity contribution in [1.29, 1.82) is 0 Å². The van der Waals surface area contributed by atoms with Crippen LogP contribution in [0, 0.1) is 5.41 Å². The highest BCUT2D eigenvalue weighted by Crippen LogP contribution is 2.46. The van der Waals surface area contributed by atoms with E-state index in [0.717, 1.165) is 23.3 Å². The number of thioether (sulfide) groups is 1. The van der Waals surface area contributed by atoms with Crippen molar-refractivity contribution in [3.05, 3.63) is 46.1 Å². The molecule has 0 radical (unpaired) electrons. The van der Waals surface area contributed by atoms with Crippen LogP contribution in [0.2, 0.25) is 5.02 Å². The quantitative estimate of drug-likeness (QED) is 0.793. The summed E-state index contributed by atoms with van der Waals surface area (Å²) in [7, 11) is 0. The van der Waals surface area contributed by atoms with Crippen LogP contribution < -0.4 is 5.32 Å². The zero-order valence-corrected chi connectivity index (χ0v) is 15.9. The lowest BCUT2D eigenvalue weighted by Gasteiger charge is -2.38. The van der Waals surface area contributed by atoms with Gasteiger partial charge in [0.2, 0.25) is 11.1 Å². The fourth-order valence-corrected chi connectivity index (χ4v) is 4.25.